The molecule has 2 rings (SSSR count). The van der Waals surface area contributed by atoms with E-state index in [1.807, 2.05) is 25.1 Å². The first-order chi connectivity index (χ1) is 8.58. The predicted molar refractivity (Wildman–Crippen MR) is 72.6 cm³/mol. The Morgan fingerprint density at radius 3 is 2.61 bits per heavy atom. The molecule has 1 N–H and O–H groups in total. The molecule has 18 heavy (non-hydrogen) atoms. The van der Waals surface area contributed by atoms with Crippen molar-refractivity contribution in [2.45, 2.75) is 13.5 Å². The summed E-state index contributed by atoms with van der Waals surface area (Å²) >= 11 is 3.44. The Morgan fingerprint density at radius 2 is 1.89 bits per heavy atom. The molecule has 0 atom stereocenters. The lowest BCUT2D eigenvalue weighted by Crippen LogP contribution is -2.02. The Labute approximate surface area is 113 Å². The predicted octanol–water partition coefficient (Wildman–Crippen LogP) is 4.65. The van der Waals surface area contributed by atoms with Crippen LogP contribution < -0.4 is 5.32 Å². The van der Waals surface area contributed by atoms with Gasteiger partial charge in [-0.1, -0.05) is 28.1 Å². The van der Waals surface area contributed by atoms with Crippen LogP contribution in [0.1, 0.15) is 11.1 Å². The molecule has 0 fully saturated rings. The molecule has 1 nitrogen and oxygen atoms in total. The zero-order valence-electron chi connectivity index (χ0n) is 9.81. The number of rotatable bonds is 3. The highest BCUT2D eigenvalue weighted by atomic mass is 79.9. The highest BCUT2D eigenvalue weighted by Crippen LogP contribution is 2.24. The van der Waals surface area contributed by atoms with Crippen molar-refractivity contribution in [1.82, 2.24) is 0 Å². The molecule has 0 aromatic heterocycles. The fourth-order valence-electron chi connectivity index (χ4n) is 1.65. The molecule has 0 heterocycles. The second-order valence-electron chi connectivity index (χ2n) is 4.01. The molecule has 0 amide bonds. The van der Waals surface area contributed by atoms with E-state index < -0.39 is 11.6 Å². The maximum Gasteiger partial charge on any atom is 0.159 e. The number of anilines is 1. The van der Waals surface area contributed by atoms with Gasteiger partial charge in [-0.3, -0.25) is 0 Å². The first kappa shape index (κ1) is 13.0. The highest BCUT2D eigenvalue weighted by Gasteiger charge is 2.04. The molecule has 94 valence electrons. The van der Waals surface area contributed by atoms with Gasteiger partial charge in [-0.2, -0.15) is 0 Å². The van der Waals surface area contributed by atoms with Crippen LogP contribution in [0.2, 0.25) is 0 Å². The molecular weight excluding hydrogens is 300 g/mol. The minimum atomic E-state index is -0.822. The van der Waals surface area contributed by atoms with Crippen LogP contribution in [0.15, 0.2) is 40.9 Å². The van der Waals surface area contributed by atoms with Gasteiger partial charge < -0.3 is 5.32 Å². The molecule has 0 aliphatic rings. The largest absolute Gasteiger partial charge is 0.381 e. The lowest BCUT2D eigenvalue weighted by atomic mass is 10.1. The van der Waals surface area contributed by atoms with Gasteiger partial charge in [-0.05, 0) is 42.3 Å². The van der Waals surface area contributed by atoms with Crippen molar-refractivity contribution in [3.63, 3.8) is 0 Å². The van der Waals surface area contributed by atoms with E-state index in [1.165, 1.54) is 6.07 Å². The minimum absolute atomic E-state index is 0.453. The Bertz CT molecular complexity index is 570. The van der Waals surface area contributed by atoms with Crippen molar-refractivity contribution >= 4 is 21.6 Å². The Balaban J connectivity index is 2.11. The topological polar surface area (TPSA) is 12.0 Å². The minimum Gasteiger partial charge on any atom is -0.381 e. The van der Waals surface area contributed by atoms with E-state index in [0.29, 0.717) is 12.1 Å². The highest BCUT2D eigenvalue weighted by molar-refractivity contribution is 9.10. The first-order valence-corrected chi connectivity index (χ1v) is 6.30. The van der Waals surface area contributed by atoms with Gasteiger partial charge >= 0.3 is 0 Å². The summed E-state index contributed by atoms with van der Waals surface area (Å²) in [6, 6.07) is 9.73. The third kappa shape index (κ3) is 2.88. The molecule has 2 aromatic carbocycles. The number of halogens is 3. The number of benzene rings is 2. The van der Waals surface area contributed by atoms with Crippen LogP contribution >= 0.6 is 15.9 Å². The fraction of sp³-hybridized carbons (Fsp3) is 0.143. The first-order valence-electron chi connectivity index (χ1n) is 5.51. The molecular formula is C14H12BrF2N. The van der Waals surface area contributed by atoms with Gasteiger partial charge in [0, 0.05) is 16.7 Å². The van der Waals surface area contributed by atoms with Crippen LogP contribution in [0.25, 0.3) is 0 Å². The maximum absolute atomic E-state index is 13.0. The summed E-state index contributed by atoms with van der Waals surface area (Å²) in [5.74, 6) is -1.64. The van der Waals surface area contributed by atoms with Gasteiger partial charge in [0.15, 0.2) is 11.6 Å². The lowest BCUT2D eigenvalue weighted by molar-refractivity contribution is 0.507. The standard InChI is InChI=1S/C14H12BrF2N/c1-9-11(15)3-2-4-14(9)18-8-10-5-6-12(16)13(17)7-10/h2-7,18H,8H2,1H3. The van der Waals surface area contributed by atoms with Crippen molar-refractivity contribution in [3.05, 3.63) is 63.6 Å². The van der Waals surface area contributed by atoms with Gasteiger partial charge in [0.1, 0.15) is 0 Å². The van der Waals surface area contributed by atoms with E-state index in [-0.39, 0.29) is 0 Å². The normalized spacial score (nSPS) is 10.4. The van der Waals surface area contributed by atoms with Crippen molar-refractivity contribution in [1.29, 1.82) is 0 Å². The monoisotopic (exact) mass is 311 g/mol. The van der Waals surface area contributed by atoms with Crippen molar-refractivity contribution in [2.75, 3.05) is 5.32 Å². The summed E-state index contributed by atoms with van der Waals surface area (Å²) in [5, 5.41) is 3.20. The van der Waals surface area contributed by atoms with E-state index in [0.717, 1.165) is 21.8 Å². The van der Waals surface area contributed by atoms with Gasteiger partial charge in [-0.25, -0.2) is 8.78 Å². The Morgan fingerprint density at radius 1 is 1.11 bits per heavy atom. The SMILES string of the molecule is Cc1c(Br)cccc1NCc1ccc(F)c(F)c1. The van der Waals surface area contributed by atoms with Crippen molar-refractivity contribution in [3.8, 4) is 0 Å². The Hall–Kier alpha value is -1.42. The molecule has 0 radical (unpaired) electrons. The summed E-state index contributed by atoms with van der Waals surface area (Å²) in [6.45, 7) is 2.44. The third-order valence-corrected chi connectivity index (χ3v) is 3.59. The van der Waals surface area contributed by atoms with Gasteiger partial charge in [0.25, 0.3) is 0 Å². The van der Waals surface area contributed by atoms with E-state index in [4.69, 9.17) is 0 Å². The second kappa shape index (κ2) is 5.48. The summed E-state index contributed by atoms with van der Waals surface area (Å²) in [6.07, 6.45) is 0. The number of nitrogens with one attached hydrogen (secondary N) is 1. The Kier molecular flexibility index (Phi) is 3.97. The molecule has 0 aliphatic heterocycles. The van der Waals surface area contributed by atoms with Crippen LogP contribution in [-0.2, 0) is 6.54 Å². The van der Waals surface area contributed by atoms with E-state index in [9.17, 15) is 8.78 Å². The lowest BCUT2D eigenvalue weighted by Gasteiger charge is -2.11. The molecule has 0 saturated heterocycles. The average Bonchev–Trinajstić information content (AvgIpc) is 2.35. The van der Waals surface area contributed by atoms with E-state index in [1.54, 1.807) is 6.07 Å². The fourth-order valence-corrected chi connectivity index (χ4v) is 2.01. The van der Waals surface area contributed by atoms with Gasteiger partial charge in [-0.15, -0.1) is 0 Å². The molecule has 4 heteroatoms. The summed E-state index contributed by atoms with van der Waals surface area (Å²) in [7, 11) is 0. The van der Waals surface area contributed by atoms with E-state index >= 15 is 0 Å². The van der Waals surface area contributed by atoms with Gasteiger partial charge in [0.2, 0.25) is 0 Å². The molecule has 0 bridgehead atoms. The quantitative estimate of drug-likeness (QED) is 0.870. The van der Waals surface area contributed by atoms with Gasteiger partial charge in [0.05, 0.1) is 0 Å². The third-order valence-electron chi connectivity index (χ3n) is 2.73. The number of hydrogen-bond donors (Lipinski definition) is 1. The van der Waals surface area contributed by atoms with Crippen molar-refractivity contribution < 1.29 is 8.78 Å². The van der Waals surface area contributed by atoms with Crippen LogP contribution in [0.3, 0.4) is 0 Å². The van der Waals surface area contributed by atoms with Crippen LogP contribution in [0.5, 0.6) is 0 Å². The molecule has 0 spiro atoms. The second-order valence-corrected chi connectivity index (χ2v) is 4.87. The summed E-state index contributed by atoms with van der Waals surface area (Å²) in [5.41, 5.74) is 2.75. The smallest absolute Gasteiger partial charge is 0.159 e. The molecule has 2 aromatic rings. The van der Waals surface area contributed by atoms with Crippen LogP contribution in [-0.4, -0.2) is 0 Å². The van der Waals surface area contributed by atoms with Crippen LogP contribution in [0, 0.1) is 18.6 Å². The number of hydrogen-bond acceptors (Lipinski definition) is 1. The molecule has 0 aliphatic carbocycles. The van der Waals surface area contributed by atoms with Crippen molar-refractivity contribution in [2.24, 2.45) is 0 Å². The zero-order valence-corrected chi connectivity index (χ0v) is 11.4. The van der Waals surface area contributed by atoms with E-state index in [2.05, 4.69) is 21.2 Å². The maximum atomic E-state index is 13.0. The zero-order chi connectivity index (χ0) is 13.1. The molecule has 0 unspecified atom stereocenters. The summed E-state index contributed by atoms with van der Waals surface area (Å²) in [4.78, 5) is 0. The van der Waals surface area contributed by atoms with Crippen LogP contribution in [0.4, 0.5) is 14.5 Å². The molecule has 0 saturated carbocycles. The average molecular weight is 312 g/mol. The summed E-state index contributed by atoms with van der Waals surface area (Å²) < 4.78 is 26.8.